The Balaban J connectivity index is 1.94. The highest BCUT2D eigenvalue weighted by Gasteiger charge is 2.19. The number of pyridine rings is 1. The van der Waals surface area contributed by atoms with E-state index in [2.05, 4.69) is 4.98 Å². The first kappa shape index (κ1) is 10.2. The molecule has 0 amide bonds. The van der Waals surface area contributed by atoms with Gasteiger partial charge in [0.2, 0.25) is 0 Å². The summed E-state index contributed by atoms with van der Waals surface area (Å²) >= 11 is 11.6. The van der Waals surface area contributed by atoms with Crippen molar-refractivity contribution in [1.82, 2.24) is 4.98 Å². The van der Waals surface area contributed by atoms with Crippen LogP contribution >= 0.6 is 23.2 Å². The number of hydrogen-bond acceptors (Lipinski definition) is 3. The molecule has 1 fully saturated rings. The summed E-state index contributed by atoms with van der Waals surface area (Å²) in [6.45, 7) is 1.79. The van der Waals surface area contributed by atoms with Gasteiger partial charge in [-0.15, -0.1) is 0 Å². The normalized spacial score (nSPS) is 16.7. The minimum Gasteiger partial charge on any atom is -0.376 e. The molecule has 3 nitrogen and oxygen atoms in total. The van der Waals surface area contributed by atoms with Crippen LogP contribution < -0.4 is 0 Å². The van der Waals surface area contributed by atoms with E-state index in [4.69, 9.17) is 32.7 Å². The molecule has 1 aromatic heterocycles. The van der Waals surface area contributed by atoms with Gasteiger partial charge in [0, 0.05) is 11.8 Å². The van der Waals surface area contributed by atoms with Gasteiger partial charge in [-0.3, -0.25) is 0 Å². The fourth-order valence-corrected chi connectivity index (χ4v) is 1.48. The monoisotopic (exact) mass is 233 g/mol. The zero-order valence-electron chi connectivity index (χ0n) is 7.37. The topological polar surface area (TPSA) is 31.4 Å². The van der Waals surface area contributed by atoms with Crippen LogP contribution in [0.15, 0.2) is 12.3 Å². The molecule has 1 saturated heterocycles. The molecule has 0 saturated carbocycles. The van der Waals surface area contributed by atoms with E-state index >= 15 is 0 Å². The molecule has 0 spiro atoms. The summed E-state index contributed by atoms with van der Waals surface area (Å²) < 4.78 is 10.5. The molecule has 2 rings (SSSR count). The third kappa shape index (κ3) is 2.36. The minimum atomic E-state index is 0.196. The van der Waals surface area contributed by atoms with E-state index in [0.717, 1.165) is 5.56 Å². The molecule has 0 radical (unpaired) electrons. The van der Waals surface area contributed by atoms with Crippen LogP contribution in [0.5, 0.6) is 0 Å². The summed E-state index contributed by atoms with van der Waals surface area (Å²) in [5.74, 6) is 0. The molecule has 14 heavy (non-hydrogen) atoms. The van der Waals surface area contributed by atoms with Crippen molar-refractivity contribution in [2.24, 2.45) is 0 Å². The summed E-state index contributed by atoms with van der Waals surface area (Å²) in [5.41, 5.74) is 0.850. The van der Waals surface area contributed by atoms with Gasteiger partial charge in [0.1, 0.15) is 11.3 Å². The SMILES string of the molecule is Clc1cc(Cl)c(COC2COC2)cn1. The molecule has 0 aliphatic carbocycles. The molecular weight excluding hydrogens is 225 g/mol. The first-order valence-corrected chi connectivity index (χ1v) is 5.00. The van der Waals surface area contributed by atoms with Gasteiger partial charge in [-0.1, -0.05) is 23.2 Å². The summed E-state index contributed by atoms with van der Waals surface area (Å²) in [7, 11) is 0. The lowest BCUT2D eigenvalue weighted by Gasteiger charge is -2.26. The van der Waals surface area contributed by atoms with Crippen molar-refractivity contribution in [3.63, 3.8) is 0 Å². The van der Waals surface area contributed by atoms with E-state index in [1.54, 1.807) is 12.3 Å². The quantitative estimate of drug-likeness (QED) is 0.752. The average Bonchev–Trinajstić information content (AvgIpc) is 2.05. The Morgan fingerprint density at radius 2 is 2.29 bits per heavy atom. The van der Waals surface area contributed by atoms with Gasteiger partial charge in [-0.25, -0.2) is 4.98 Å². The maximum Gasteiger partial charge on any atom is 0.130 e. The van der Waals surface area contributed by atoms with Crippen LogP contribution in [-0.4, -0.2) is 24.3 Å². The zero-order valence-corrected chi connectivity index (χ0v) is 8.88. The molecule has 5 heteroatoms. The van der Waals surface area contributed by atoms with E-state index in [-0.39, 0.29) is 6.10 Å². The van der Waals surface area contributed by atoms with Crippen molar-refractivity contribution >= 4 is 23.2 Å². The standard InChI is InChI=1S/C9H9Cl2NO2/c10-8-1-9(11)12-2-6(8)3-14-7-4-13-5-7/h1-2,7H,3-5H2. The van der Waals surface area contributed by atoms with Crippen molar-refractivity contribution < 1.29 is 9.47 Å². The molecule has 0 atom stereocenters. The van der Waals surface area contributed by atoms with Gasteiger partial charge >= 0.3 is 0 Å². The van der Waals surface area contributed by atoms with E-state index in [0.29, 0.717) is 30.0 Å². The van der Waals surface area contributed by atoms with E-state index in [9.17, 15) is 0 Å². The largest absolute Gasteiger partial charge is 0.376 e. The van der Waals surface area contributed by atoms with Crippen LogP contribution in [0.3, 0.4) is 0 Å². The lowest BCUT2D eigenvalue weighted by Crippen LogP contribution is -2.35. The smallest absolute Gasteiger partial charge is 0.130 e. The van der Waals surface area contributed by atoms with E-state index < -0.39 is 0 Å². The second-order valence-corrected chi connectivity index (χ2v) is 3.86. The van der Waals surface area contributed by atoms with Crippen molar-refractivity contribution in [3.8, 4) is 0 Å². The molecule has 1 aliphatic rings. The molecule has 0 N–H and O–H groups in total. The highest BCUT2D eigenvalue weighted by atomic mass is 35.5. The van der Waals surface area contributed by atoms with Gasteiger partial charge in [0.05, 0.1) is 24.8 Å². The number of nitrogens with zero attached hydrogens (tertiary/aromatic N) is 1. The van der Waals surface area contributed by atoms with Gasteiger partial charge in [0.15, 0.2) is 0 Å². The molecule has 0 bridgehead atoms. The van der Waals surface area contributed by atoms with Gasteiger partial charge in [-0.2, -0.15) is 0 Å². The Morgan fingerprint density at radius 1 is 1.50 bits per heavy atom. The zero-order chi connectivity index (χ0) is 9.97. The summed E-state index contributed by atoms with van der Waals surface area (Å²) in [4.78, 5) is 3.93. The highest BCUT2D eigenvalue weighted by Crippen LogP contribution is 2.20. The Kier molecular flexibility index (Phi) is 3.23. The van der Waals surface area contributed by atoms with E-state index in [1.807, 2.05) is 0 Å². The molecule has 1 aromatic rings. The van der Waals surface area contributed by atoms with Crippen LogP contribution in [-0.2, 0) is 16.1 Å². The van der Waals surface area contributed by atoms with Gasteiger partial charge in [0.25, 0.3) is 0 Å². The Hall–Kier alpha value is -0.350. The maximum absolute atomic E-state index is 5.94. The Morgan fingerprint density at radius 3 is 2.86 bits per heavy atom. The summed E-state index contributed by atoms with van der Waals surface area (Å²) in [5, 5.41) is 0.982. The molecule has 0 unspecified atom stereocenters. The number of aromatic nitrogens is 1. The van der Waals surface area contributed by atoms with Crippen molar-refractivity contribution in [1.29, 1.82) is 0 Å². The van der Waals surface area contributed by atoms with Gasteiger partial charge in [-0.05, 0) is 6.07 Å². The first-order chi connectivity index (χ1) is 6.75. The van der Waals surface area contributed by atoms with Crippen LogP contribution in [0.4, 0.5) is 0 Å². The summed E-state index contributed by atoms with van der Waals surface area (Å²) in [6, 6.07) is 1.61. The minimum absolute atomic E-state index is 0.196. The molecule has 0 aromatic carbocycles. The number of hydrogen-bond donors (Lipinski definition) is 0. The lowest BCUT2D eigenvalue weighted by molar-refractivity contribution is -0.135. The number of ether oxygens (including phenoxy) is 2. The van der Waals surface area contributed by atoms with Crippen LogP contribution in [0.2, 0.25) is 10.2 Å². The first-order valence-electron chi connectivity index (χ1n) is 4.25. The van der Waals surface area contributed by atoms with Crippen molar-refractivity contribution in [2.45, 2.75) is 12.7 Å². The van der Waals surface area contributed by atoms with Gasteiger partial charge < -0.3 is 9.47 Å². The molecule has 2 heterocycles. The number of rotatable bonds is 3. The van der Waals surface area contributed by atoms with E-state index in [1.165, 1.54) is 0 Å². The Labute approximate surface area is 91.9 Å². The number of halogens is 2. The van der Waals surface area contributed by atoms with Crippen LogP contribution in [0.1, 0.15) is 5.56 Å². The maximum atomic E-state index is 5.94. The summed E-state index contributed by atoms with van der Waals surface area (Å²) in [6.07, 6.45) is 1.83. The lowest BCUT2D eigenvalue weighted by atomic mass is 10.3. The third-order valence-electron chi connectivity index (χ3n) is 1.98. The third-order valence-corrected chi connectivity index (χ3v) is 2.54. The van der Waals surface area contributed by atoms with Crippen LogP contribution in [0, 0.1) is 0 Å². The fraction of sp³-hybridized carbons (Fsp3) is 0.444. The fourth-order valence-electron chi connectivity index (χ4n) is 1.06. The van der Waals surface area contributed by atoms with Crippen molar-refractivity contribution in [3.05, 3.63) is 28.0 Å². The predicted molar refractivity (Wildman–Crippen MR) is 53.7 cm³/mol. The average molecular weight is 234 g/mol. The second-order valence-electron chi connectivity index (χ2n) is 3.07. The Bertz CT molecular complexity index is 329. The van der Waals surface area contributed by atoms with Crippen molar-refractivity contribution in [2.75, 3.05) is 13.2 Å². The predicted octanol–water partition coefficient (Wildman–Crippen LogP) is 2.30. The van der Waals surface area contributed by atoms with Crippen LogP contribution in [0.25, 0.3) is 0 Å². The molecule has 1 aliphatic heterocycles. The second kappa shape index (κ2) is 4.45. The molecule has 76 valence electrons. The highest BCUT2D eigenvalue weighted by molar-refractivity contribution is 6.34. The molecular formula is C9H9Cl2NO2.